The number of halogens is 1. The molecule has 1 saturated heterocycles. The molecule has 0 atom stereocenters. The van der Waals surface area contributed by atoms with E-state index in [0.29, 0.717) is 37.4 Å². The lowest BCUT2D eigenvalue weighted by Gasteiger charge is -2.30. The van der Waals surface area contributed by atoms with Crippen LogP contribution in [0.4, 0.5) is 0 Å². The first-order valence-electron chi connectivity index (χ1n) is 9.72. The van der Waals surface area contributed by atoms with Crippen molar-refractivity contribution in [1.29, 1.82) is 0 Å². The number of nitrogens with zero attached hydrogens (tertiary/aromatic N) is 3. The van der Waals surface area contributed by atoms with E-state index in [9.17, 15) is 8.42 Å². The summed E-state index contributed by atoms with van der Waals surface area (Å²) < 4.78 is 30.1. The molecule has 10 heteroatoms. The van der Waals surface area contributed by atoms with Crippen LogP contribution in [0.25, 0.3) is 0 Å². The number of nitrogens with one attached hydrogen (secondary N) is 2. The fraction of sp³-hybridized carbons (Fsp3) is 0.778. The first-order chi connectivity index (χ1) is 12.9. The molecule has 0 spiro atoms. The molecule has 8 nitrogen and oxygen atoms in total. The van der Waals surface area contributed by atoms with E-state index in [-0.39, 0.29) is 24.0 Å². The van der Waals surface area contributed by atoms with Crippen molar-refractivity contribution in [2.45, 2.75) is 52.0 Å². The highest BCUT2D eigenvalue weighted by atomic mass is 127. The first-order valence-corrected chi connectivity index (χ1v) is 11.6. The molecule has 1 aromatic rings. The normalized spacial score (nSPS) is 16.8. The van der Waals surface area contributed by atoms with Crippen molar-refractivity contribution in [1.82, 2.24) is 20.1 Å². The maximum absolute atomic E-state index is 11.6. The second kappa shape index (κ2) is 12.0. The largest absolute Gasteiger partial charge is 0.359 e. The highest BCUT2D eigenvalue weighted by molar-refractivity contribution is 14.0. The topological polar surface area (TPSA) is 99.8 Å². The Morgan fingerprint density at radius 3 is 2.50 bits per heavy atom. The molecule has 1 aliphatic rings. The lowest BCUT2D eigenvalue weighted by Crippen LogP contribution is -2.43. The molecule has 0 aromatic carbocycles. The van der Waals surface area contributed by atoms with E-state index < -0.39 is 10.0 Å². The van der Waals surface area contributed by atoms with Gasteiger partial charge in [-0.05, 0) is 31.6 Å². The molecule has 0 bridgehead atoms. The smallest absolute Gasteiger partial charge is 0.211 e. The van der Waals surface area contributed by atoms with Crippen molar-refractivity contribution in [2.75, 3.05) is 32.9 Å². The Kier molecular flexibility index (Phi) is 10.7. The van der Waals surface area contributed by atoms with E-state index in [1.54, 1.807) is 11.4 Å². The summed E-state index contributed by atoms with van der Waals surface area (Å²) in [6, 6.07) is 2.01. The van der Waals surface area contributed by atoms with Gasteiger partial charge in [0.2, 0.25) is 10.0 Å². The molecule has 2 rings (SSSR count). The fourth-order valence-electron chi connectivity index (χ4n) is 3.39. The number of hydrogen-bond acceptors (Lipinski definition) is 5. The molecule has 0 aliphatic carbocycles. The lowest BCUT2D eigenvalue weighted by molar-refractivity contribution is 0.274. The maximum atomic E-state index is 11.6. The molecule has 1 aliphatic heterocycles. The minimum absolute atomic E-state index is 0. The number of piperidine rings is 1. The zero-order chi connectivity index (χ0) is 19.9. The Balaban J connectivity index is 0.00000392. The van der Waals surface area contributed by atoms with Gasteiger partial charge in [0.1, 0.15) is 0 Å². The number of rotatable bonds is 8. The Hall–Kier alpha value is -0.880. The van der Waals surface area contributed by atoms with Gasteiger partial charge < -0.3 is 15.2 Å². The third kappa shape index (κ3) is 7.51. The lowest BCUT2D eigenvalue weighted by atomic mass is 9.98. The van der Waals surface area contributed by atoms with E-state index in [1.165, 1.54) is 6.26 Å². The van der Waals surface area contributed by atoms with Gasteiger partial charge in [0.15, 0.2) is 11.7 Å². The van der Waals surface area contributed by atoms with Gasteiger partial charge >= 0.3 is 0 Å². The zero-order valence-electron chi connectivity index (χ0n) is 17.3. The average Bonchev–Trinajstić information content (AvgIpc) is 3.11. The van der Waals surface area contributed by atoms with E-state index in [4.69, 9.17) is 4.52 Å². The molecule has 28 heavy (non-hydrogen) atoms. The molecule has 0 radical (unpaired) electrons. The first kappa shape index (κ1) is 25.2. The van der Waals surface area contributed by atoms with E-state index in [2.05, 4.69) is 34.6 Å². The summed E-state index contributed by atoms with van der Waals surface area (Å²) in [6.07, 6.45) is 5.10. The van der Waals surface area contributed by atoms with Crippen molar-refractivity contribution in [3.63, 3.8) is 0 Å². The number of guanidine groups is 1. The van der Waals surface area contributed by atoms with Crippen LogP contribution in [0.1, 0.15) is 56.9 Å². The van der Waals surface area contributed by atoms with Crippen LogP contribution in [-0.4, -0.2) is 56.8 Å². The van der Waals surface area contributed by atoms with Crippen LogP contribution in [-0.2, 0) is 16.6 Å². The molecule has 2 heterocycles. The highest BCUT2D eigenvalue weighted by Gasteiger charge is 2.24. The minimum Gasteiger partial charge on any atom is -0.359 e. The Labute approximate surface area is 186 Å². The predicted molar refractivity (Wildman–Crippen MR) is 123 cm³/mol. The maximum Gasteiger partial charge on any atom is 0.211 e. The van der Waals surface area contributed by atoms with Crippen LogP contribution in [0.5, 0.6) is 0 Å². The van der Waals surface area contributed by atoms with Gasteiger partial charge in [0.05, 0.1) is 18.5 Å². The molecule has 2 N–H and O–H groups in total. The summed E-state index contributed by atoms with van der Waals surface area (Å²) in [7, 11) is -1.34. The molecular weight excluding hydrogens is 493 g/mol. The number of sulfonamides is 1. The van der Waals surface area contributed by atoms with Crippen LogP contribution in [0, 0.1) is 5.92 Å². The van der Waals surface area contributed by atoms with Crippen molar-refractivity contribution in [3.05, 3.63) is 17.5 Å². The quantitative estimate of drug-likeness (QED) is 0.306. The summed E-state index contributed by atoms with van der Waals surface area (Å²) in [6.45, 7) is 6.80. The van der Waals surface area contributed by atoms with Crippen LogP contribution in [0.3, 0.4) is 0 Å². The SMILES string of the molecule is CCC(CC)c1cc(CNC(=NC)NCC2CCN(S(C)(=O)=O)CC2)on1.I. The van der Waals surface area contributed by atoms with Crippen LogP contribution in [0.2, 0.25) is 0 Å². The van der Waals surface area contributed by atoms with E-state index in [1.807, 2.05) is 6.07 Å². The third-order valence-electron chi connectivity index (χ3n) is 5.24. The second-order valence-corrected chi connectivity index (χ2v) is 9.13. The average molecular weight is 527 g/mol. The molecule has 0 unspecified atom stereocenters. The standard InChI is InChI=1S/C18H33N5O3S.HI/c1-5-15(6-2)17-11-16(26-22-17)13-21-18(19-3)20-12-14-7-9-23(10-8-14)27(4,24)25;/h11,14-15H,5-10,12-13H2,1-4H3,(H2,19,20,21);1H. The summed E-state index contributed by atoms with van der Waals surface area (Å²) in [4.78, 5) is 4.24. The number of aliphatic imine (C=N–C) groups is 1. The van der Waals surface area contributed by atoms with Gasteiger partial charge in [-0.3, -0.25) is 4.99 Å². The van der Waals surface area contributed by atoms with Crippen LogP contribution >= 0.6 is 24.0 Å². The Bertz CT molecular complexity index is 711. The Morgan fingerprint density at radius 1 is 1.32 bits per heavy atom. The Morgan fingerprint density at radius 2 is 1.96 bits per heavy atom. The van der Waals surface area contributed by atoms with Crippen LogP contribution in [0.15, 0.2) is 15.6 Å². The summed E-state index contributed by atoms with van der Waals surface area (Å²) in [5, 5.41) is 10.7. The highest BCUT2D eigenvalue weighted by Crippen LogP contribution is 2.22. The van der Waals surface area contributed by atoms with Gasteiger partial charge in [-0.1, -0.05) is 19.0 Å². The van der Waals surface area contributed by atoms with E-state index >= 15 is 0 Å². The molecule has 1 fully saturated rings. The fourth-order valence-corrected chi connectivity index (χ4v) is 4.26. The summed E-state index contributed by atoms with van der Waals surface area (Å²) in [5.41, 5.74) is 1.01. The van der Waals surface area contributed by atoms with Crippen molar-refractivity contribution >= 4 is 40.0 Å². The molecule has 0 amide bonds. The van der Waals surface area contributed by atoms with Crippen molar-refractivity contribution < 1.29 is 12.9 Å². The van der Waals surface area contributed by atoms with Gasteiger partial charge in [-0.2, -0.15) is 0 Å². The molecular formula is C18H34IN5O3S. The summed E-state index contributed by atoms with van der Waals surface area (Å²) >= 11 is 0. The monoisotopic (exact) mass is 527 g/mol. The predicted octanol–water partition coefficient (Wildman–Crippen LogP) is 2.53. The molecule has 162 valence electrons. The van der Waals surface area contributed by atoms with Crippen LogP contribution < -0.4 is 10.6 Å². The van der Waals surface area contributed by atoms with Gasteiger partial charge in [-0.25, -0.2) is 12.7 Å². The third-order valence-corrected chi connectivity index (χ3v) is 6.54. The van der Waals surface area contributed by atoms with Crippen molar-refractivity contribution in [3.8, 4) is 0 Å². The molecule has 1 aromatic heterocycles. The molecule has 0 saturated carbocycles. The second-order valence-electron chi connectivity index (χ2n) is 7.14. The van der Waals surface area contributed by atoms with E-state index in [0.717, 1.165) is 43.7 Å². The summed E-state index contributed by atoms with van der Waals surface area (Å²) in [5.74, 6) is 2.38. The van der Waals surface area contributed by atoms with Gasteiger partial charge in [0, 0.05) is 38.7 Å². The zero-order valence-corrected chi connectivity index (χ0v) is 20.4. The number of hydrogen-bond donors (Lipinski definition) is 2. The van der Waals surface area contributed by atoms with Gasteiger partial charge in [-0.15, -0.1) is 24.0 Å². The van der Waals surface area contributed by atoms with Gasteiger partial charge in [0.25, 0.3) is 0 Å². The van der Waals surface area contributed by atoms with Crippen molar-refractivity contribution in [2.24, 2.45) is 10.9 Å². The number of aromatic nitrogens is 1. The minimum atomic E-state index is -3.07.